The van der Waals surface area contributed by atoms with E-state index in [0.717, 1.165) is 31.2 Å². The first kappa shape index (κ1) is 26.7. The van der Waals surface area contributed by atoms with Crippen LogP contribution in [-0.4, -0.2) is 46.3 Å². The Bertz CT molecular complexity index is 854. The number of carbonyl (C=O) groups excluding carboxylic acids is 2. The van der Waals surface area contributed by atoms with Gasteiger partial charge in [-0.1, -0.05) is 12.1 Å². The molecule has 1 aromatic rings. The predicted octanol–water partition coefficient (Wildman–Crippen LogP) is 4.94. The number of carbonyl (C=O) groups is 2. The molecule has 6 nitrogen and oxygen atoms in total. The summed E-state index contributed by atoms with van der Waals surface area (Å²) >= 11 is 0. The summed E-state index contributed by atoms with van der Waals surface area (Å²) in [7, 11) is 0. The van der Waals surface area contributed by atoms with Crippen molar-refractivity contribution in [3.8, 4) is 0 Å². The summed E-state index contributed by atoms with van der Waals surface area (Å²) in [5, 5.41) is 7.22. The molecule has 2 N–H and O–H groups in total. The Labute approximate surface area is 205 Å². The molecule has 190 valence electrons. The van der Waals surface area contributed by atoms with E-state index in [1.165, 1.54) is 0 Å². The molecule has 2 fully saturated rings. The number of esters is 2. The first-order valence-electron chi connectivity index (χ1n) is 12.6. The fourth-order valence-corrected chi connectivity index (χ4v) is 6.14. The molecule has 0 amide bonds. The Morgan fingerprint density at radius 2 is 1.15 bits per heavy atom. The van der Waals surface area contributed by atoms with E-state index in [9.17, 15) is 9.59 Å². The van der Waals surface area contributed by atoms with Crippen molar-refractivity contribution in [1.29, 1.82) is 0 Å². The molecule has 2 aliphatic rings. The summed E-state index contributed by atoms with van der Waals surface area (Å²) in [5.74, 6) is -0.460. The zero-order valence-corrected chi connectivity index (χ0v) is 22.3. The Morgan fingerprint density at radius 1 is 0.735 bits per heavy atom. The van der Waals surface area contributed by atoms with Gasteiger partial charge in [-0.15, -0.1) is 0 Å². The van der Waals surface area contributed by atoms with Crippen molar-refractivity contribution >= 4 is 11.9 Å². The van der Waals surface area contributed by atoms with E-state index in [0.29, 0.717) is 18.4 Å². The molecule has 2 saturated heterocycles. The van der Waals surface area contributed by atoms with Crippen LogP contribution >= 0.6 is 0 Å². The molecular formula is C28H44N2O4. The molecule has 0 aliphatic carbocycles. The first-order chi connectivity index (χ1) is 15.5. The SMILES string of the molecule is CC1(C)CC(OC(=O)CCc2ccc(C(=O)OC3CC(C)(C)NC(C)(C)C3)cc2)CC(C)(C)N1. The van der Waals surface area contributed by atoms with Gasteiger partial charge in [0.05, 0.1) is 5.56 Å². The van der Waals surface area contributed by atoms with Crippen molar-refractivity contribution in [2.45, 2.75) is 128 Å². The van der Waals surface area contributed by atoms with Crippen LogP contribution in [0.4, 0.5) is 0 Å². The third-order valence-electron chi connectivity index (χ3n) is 6.68. The molecular weight excluding hydrogens is 428 g/mol. The second-order valence-electron chi connectivity index (χ2n) is 12.9. The Balaban J connectivity index is 1.49. The van der Waals surface area contributed by atoms with Gasteiger partial charge in [0.2, 0.25) is 0 Å². The third-order valence-corrected chi connectivity index (χ3v) is 6.68. The van der Waals surface area contributed by atoms with Crippen LogP contribution in [0.25, 0.3) is 0 Å². The van der Waals surface area contributed by atoms with Gasteiger partial charge in [0.1, 0.15) is 12.2 Å². The van der Waals surface area contributed by atoms with Crippen molar-refractivity contribution in [2.75, 3.05) is 0 Å². The van der Waals surface area contributed by atoms with Gasteiger partial charge in [-0.2, -0.15) is 0 Å². The molecule has 34 heavy (non-hydrogen) atoms. The fraction of sp³-hybridized carbons (Fsp3) is 0.714. The normalized spacial score (nSPS) is 23.8. The number of aryl methyl sites for hydroxylation is 1. The van der Waals surface area contributed by atoms with Crippen LogP contribution in [-0.2, 0) is 20.7 Å². The van der Waals surface area contributed by atoms with Crippen molar-refractivity contribution < 1.29 is 19.1 Å². The van der Waals surface area contributed by atoms with E-state index in [1.807, 2.05) is 12.1 Å². The summed E-state index contributed by atoms with van der Waals surface area (Å²) in [6, 6.07) is 7.38. The zero-order chi connectivity index (χ0) is 25.4. The number of hydrogen-bond donors (Lipinski definition) is 2. The Morgan fingerprint density at radius 3 is 1.59 bits per heavy atom. The Kier molecular flexibility index (Phi) is 7.55. The maximum Gasteiger partial charge on any atom is 0.338 e. The average Bonchev–Trinajstić information content (AvgIpc) is 2.61. The average molecular weight is 473 g/mol. The summed E-state index contributed by atoms with van der Waals surface area (Å²) in [6.07, 6.45) is 3.92. The summed E-state index contributed by atoms with van der Waals surface area (Å²) in [6.45, 7) is 17.1. The van der Waals surface area contributed by atoms with Crippen molar-refractivity contribution in [1.82, 2.24) is 10.6 Å². The number of benzene rings is 1. The van der Waals surface area contributed by atoms with Gasteiger partial charge in [-0.25, -0.2) is 4.79 Å². The molecule has 6 heteroatoms. The lowest BCUT2D eigenvalue weighted by Gasteiger charge is -2.46. The van der Waals surface area contributed by atoms with E-state index in [2.05, 4.69) is 66.0 Å². The van der Waals surface area contributed by atoms with E-state index < -0.39 is 0 Å². The van der Waals surface area contributed by atoms with E-state index in [-0.39, 0.29) is 46.3 Å². The highest BCUT2D eigenvalue weighted by molar-refractivity contribution is 5.89. The lowest BCUT2D eigenvalue weighted by Crippen LogP contribution is -2.59. The van der Waals surface area contributed by atoms with Crippen LogP contribution in [0.15, 0.2) is 24.3 Å². The van der Waals surface area contributed by atoms with Gasteiger partial charge >= 0.3 is 11.9 Å². The van der Waals surface area contributed by atoms with Crippen LogP contribution < -0.4 is 10.6 Å². The monoisotopic (exact) mass is 472 g/mol. The number of rotatable bonds is 6. The zero-order valence-electron chi connectivity index (χ0n) is 22.3. The molecule has 0 radical (unpaired) electrons. The van der Waals surface area contributed by atoms with Crippen LogP contribution in [0, 0.1) is 0 Å². The molecule has 0 unspecified atom stereocenters. The molecule has 2 heterocycles. The van der Waals surface area contributed by atoms with Crippen LogP contribution in [0.1, 0.15) is 103 Å². The third kappa shape index (κ3) is 7.81. The lowest BCUT2D eigenvalue weighted by molar-refractivity contribution is -0.153. The van der Waals surface area contributed by atoms with Crippen molar-refractivity contribution in [2.24, 2.45) is 0 Å². The molecule has 0 aromatic heterocycles. The smallest absolute Gasteiger partial charge is 0.338 e. The summed E-state index contributed by atoms with van der Waals surface area (Å²) in [5.41, 5.74) is 1.27. The highest BCUT2D eigenvalue weighted by Crippen LogP contribution is 2.32. The number of ether oxygens (including phenoxy) is 2. The molecule has 0 saturated carbocycles. The topological polar surface area (TPSA) is 76.7 Å². The van der Waals surface area contributed by atoms with Gasteiger partial charge in [0.15, 0.2) is 0 Å². The van der Waals surface area contributed by atoms with E-state index in [1.54, 1.807) is 12.1 Å². The number of nitrogens with one attached hydrogen (secondary N) is 2. The minimum atomic E-state index is -0.291. The van der Waals surface area contributed by atoms with E-state index in [4.69, 9.17) is 9.47 Å². The number of hydrogen-bond acceptors (Lipinski definition) is 6. The van der Waals surface area contributed by atoms with Gasteiger partial charge in [-0.3, -0.25) is 4.79 Å². The highest BCUT2D eigenvalue weighted by atomic mass is 16.5. The molecule has 0 spiro atoms. The molecule has 0 bridgehead atoms. The molecule has 3 rings (SSSR count). The minimum absolute atomic E-state index is 0.0588. The van der Waals surface area contributed by atoms with Crippen molar-refractivity contribution in [3.63, 3.8) is 0 Å². The summed E-state index contributed by atoms with van der Waals surface area (Å²) in [4.78, 5) is 25.2. The highest BCUT2D eigenvalue weighted by Gasteiger charge is 2.40. The quantitative estimate of drug-likeness (QED) is 0.571. The second kappa shape index (κ2) is 9.62. The summed E-state index contributed by atoms with van der Waals surface area (Å²) < 4.78 is 11.7. The molecule has 1 aromatic carbocycles. The maximum atomic E-state index is 12.7. The largest absolute Gasteiger partial charge is 0.462 e. The number of piperidine rings is 2. The molecule has 2 aliphatic heterocycles. The maximum absolute atomic E-state index is 12.7. The fourth-order valence-electron chi connectivity index (χ4n) is 6.14. The van der Waals surface area contributed by atoms with E-state index >= 15 is 0 Å². The predicted molar refractivity (Wildman–Crippen MR) is 135 cm³/mol. The van der Waals surface area contributed by atoms with Crippen LogP contribution in [0.2, 0.25) is 0 Å². The van der Waals surface area contributed by atoms with Crippen molar-refractivity contribution in [3.05, 3.63) is 35.4 Å². The standard InChI is InChI=1S/C28H44N2O4/c1-25(2)15-21(16-26(3,4)29-25)33-23(31)14-11-19-9-12-20(13-10-19)24(32)34-22-17-27(5,6)30-28(7,8)18-22/h9-10,12-13,21-22,29-30H,11,14-18H2,1-8H3. The first-order valence-corrected chi connectivity index (χ1v) is 12.6. The lowest BCUT2D eigenvalue weighted by atomic mass is 9.81. The molecule has 0 atom stereocenters. The van der Waals surface area contributed by atoms with Gasteiger partial charge in [0.25, 0.3) is 0 Å². The van der Waals surface area contributed by atoms with Crippen LogP contribution in [0.5, 0.6) is 0 Å². The van der Waals surface area contributed by atoms with Crippen LogP contribution in [0.3, 0.4) is 0 Å². The van der Waals surface area contributed by atoms with Gasteiger partial charge in [-0.05, 0) is 79.5 Å². The second-order valence-corrected chi connectivity index (χ2v) is 12.9. The van der Waals surface area contributed by atoms with Gasteiger partial charge < -0.3 is 20.1 Å². The van der Waals surface area contributed by atoms with Gasteiger partial charge in [0, 0.05) is 54.3 Å². The Hall–Kier alpha value is -1.92. The minimum Gasteiger partial charge on any atom is -0.462 e.